The highest BCUT2D eigenvalue weighted by molar-refractivity contribution is 5.98. The van der Waals surface area contributed by atoms with Gasteiger partial charge in [0.2, 0.25) is 5.91 Å². The largest absolute Gasteiger partial charge is 0.338 e. The first kappa shape index (κ1) is 13.0. The third-order valence-electron chi connectivity index (χ3n) is 4.18. The number of fused-ring (bicyclic) bond motifs is 2. The van der Waals surface area contributed by atoms with E-state index >= 15 is 0 Å². The van der Waals surface area contributed by atoms with Crippen molar-refractivity contribution < 1.29 is 4.79 Å². The van der Waals surface area contributed by atoms with Crippen LogP contribution in [0.25, 0.3) is 22.4 Å². The molecule has 3 aromatic rings. The van der Waals surface area contributed by atoms with Crippen LogP contribution in [0.1, 0.15) is 25.8 Å². The number of amides is 1. The summed E-state index contributed by atoms with van der Waals surface area (Å²) in [5.41, 5.74) is 4.66. The topological polar surface area (TPSA) is 70.7 Å². The van der Waals surface area contributed by atoms with Gasteiger partial charge in [-0.05, 0) is 29.8 Å². The van der Waals surface area contributed by atoms with E-state index in [0.717, 1.165) is 33.7 Å². The number of aromatic amines is 1. The van der Waals surface area contributed by atoms with E-state index in [-0.39, 0.29) is 11.3 Å². The van der Waals surface area contributed by atoms with E-state index in [1.165, 1.54) is 0 Å². The zero-order valence-corrected chi connectivity index (χ0v) is 12.5. The average Bonchev–Trinajstić information content (AvgIpc) is 2.88. The number of carbonyl (C=O) groups excluding carboxylic acids is 1. The van der Waals surface area contributed by atoms with Crippen molar-refractivity contribution in [3.05, 3.63) is 42.2 Å². The molecule has 1 aliphatic heterocycles. The Morgan fingerprint density at radius 2 is 1.95 bits per heavy atom. The standard InChI is InChI=1S/C17H16N4O/c1-17(2)9-15(22)19-12-8-14-13(7-11(12)17)20-16(21-14)10-3-5-18-6-4-10/h3-8H,9H2,1-2H3,(H,19,22)(H,20,21). The van der Waals surface area contributed by atoms with Gasteiger partial charge < -0.3 is 10.3 Å². The van der Waals surface area contributed by atoms with Crippen LogP contribution in [0.4, 0.5) is 5.69 Å². The molecule has 0 saturated heterocycles. The lowest BCUT2D eigenvalue weighted by atomic mass is 9.78. The number of hydrogen-bond donors (Lipinski definition) is 2. The van der Waals surface area contributed by atoms with Crippen LogP contribution in [0.15, 0.2) is 36.7 Å². The molecule has 110 valence electrons. The molecule has 0 saturated carbocycles. The molecule has 0 bridgehead atoms. The Hall–Kier alpha value is -2.69. The fourth-order valence-corrected chi connectivity index (χ4v) is 3.06. The van der Waals surface area contributed by atoms with Crippen LogP contribution < -0.4 is 5.32 Å². The molecular formula is C17H16N4O. The van der Waals surface area contributed by atoms with E-state index in [9.17, 15) is 4.79 Å². The van der Waals surface area contributed by atoms with Gasteiger partial charge in [0, 0.05) is 35.5 Å². The van der Waals surface area contributed by atoms with E-state index in [4.69, 9.17) is 0 Å². The summed E-state index contributed by atoms with van der Waals surface area (Å²) in [5.74, 6) is 0.866. The highest BCUT2D eigenvalue weighted by Crippen LogP contribution is 2.39. The van der Waals surface area contributed by atoms with Crippen LogP contribution >= 0.6 is 0 Å². The molecule has 2 N–H and O–H groups in total. The normalized spacial score (nSPS) is 16.4. The fourth-order valence-electron chi connectivity index (χ4n) is 3.06. The van der Waals surface area contributed by atoms with E-state index in [1.807, 2.05) is 18.2 Å². The summed E-state index contributed by atoms with van der Waals surface area (Å²) in [6.45, 7) is 4.19. The second kappa shape index (κ2) is 4.40. The number of anilines is 1. The first-order valence-corrected chi connectivity index (χ1v) is 7.27. The van der Waals surface area contributed by atoms with Crippen LogP contribution in [0.3, 0.4) is 0 Å². The SMILES string of the molecule is CC1(C)CC(=O)Nc2cc3nc(-c4ccncc4)[nH]c3cc21. The van der Waals surface area contributed by atoms with Crippen LogP contribution in [-0.2, 0) is 10.2 Å². The third-order valence-corrected chi connectivity index (χ3v) is 4.18. The van der Waals surface area contributed by atoms with Crippen molar-refractivity contribution in [1.29, 1.82) is 0 Å². The van der Waals surface area contributed by atoms with E-state index < -0.39 is 0 Å². The first-order chi connectivity index (χ1) is 10.5. The van der Waals surface area contributed by atoms with Gasteiger partial charge in [-0.2, -0.15) is 0 Å². The number of rotatable bonds is 1. The number of aromatic nitrogens is 3. The highest BCUT2D eigenvalue weighted by Gasteiger charge is 2.32. The summed E-state index contributed by atoms with van der Waals surface area (Å²) in [4.78, 5) is 23.9. The molecule has 4 rings (SSSR count). The molecule has 0 radical (unpaired) electrons. The molecule has 0 atom stereocenters. The van der Waals surface area contributed by atoms with Gasteiger partial charge in [0.15, 0.2) is 0 Å². The Bertz CT molecular complexity index is 880. The van der Waals surface area contributed by atoms with Crippen molar-refractivity contribution >= 4 is 22.6 Å². The minimum absolute atomic E-state index is 0.0572. The molecule has 22 heavy (non-hydrogen) atoms. The average molecular weight is 292 g/mol. The second-order valence-electron chi connectivity index (χ2n) is 6.35. The van der Waals surface area contributed by atoms with Crippen molar-refractivity contribution in [3.63, 3.8) is 0 Å². The lowest BCUT2D eigenvalue weighted by Crippen LogP contribution is -2.32. The molecule has 1 aromatic carbocycles. The number of nitrogens with zero attached hydrogens (tertiary/aromatic N) is 2. The Morgan fingerprint density at radius 3 is 2.73 bits per heavy atom. The maximum atomic E-state index is 11.9. The monoisotopic (exact) mass is 292 g/mol. The Morgan fingerprint density at radius 1 is 1.18 bits per heavy atom. The van der Waals surface area contributed by atoms with Crippen molar-refractivity contribution in [2.75, 3.05) is 5.32 Å². The number of nitrogens with one attached hydrogen (secondary N) is 2. The zero-order valence-electron chi connectivity index (χ0n) is 12.5. The maximum Gasteiger partial charge on any atom is 0.225 e. The fraction of sp³-hybridized carbons (Fsp3) is 0.235. The van der Waals surface area contributed by atoms with Gasteiger partial charge >= 0.3 is 0 Å². The van der Waals surface area contributed by atoms with Crippen molar-refractivity contribution in [2.24, 2.45) is 0 Å². The van der Waals surface area contributed by atoms with Gasteiger partial charge in [-0.1, -0.05) is 13.8 Å². The summed E-state index contributed by atoms with van der Waals surface area (Å²) in [6.07, 6.45) is 3.99. The summed E-state index contributed by atoms with van der Waals surface area (Å²) in [7, 11) is 0. The molecule has 5 heteroatoms. The van der Waals surface area contributed by atoms with Gasteiger partial charge in [0.1, 0.15) is 5.82 Å². The number of imidazole rings is 1. The van der Waals surface area contributed by atoms with E-state index in [1.54, 1.807) is 12.4 Å². The van der Waals surface area contributed by atoms with Crippen LogP contribution in [0.2, 0.25) is 0 Å². The van der Waals surface area contributed by atoms with Gasteiger partial charge in [-0.25, -0.2) is 4.98 Å². The predicted octanol–water partition coefficient (Wildman–Crippen LogP) is 3.24. The van der Waals surface area contributed by atoms with Crippen LogP contribution in [0, 0.1) is 0 Å². The van der Waals surface area contributed by atoms with E-state index in [2.05, 4.69) is 40.2 Å². The van der Waals surface area contributed by atoms with Crippen LogP contribution in [0.5, 0.6) is 0 Å². The number of hydrogen-bond acceptors (Lipinski definition) is 3. The number of carbonyl (C=O) groups is 1. The predicted molar refractivity (Wildman–Crippen MR) is 85.6 cm³/mol. The van der Waals surface area contributed by atoms with Crippen molar-refractivity contribution in [3.8, 4) is 11.4 Å². The lowest BCUT2D eigenvalue weighted by Gasteiger charge is -2.31. The molecule has 0 aliphatic carbocycles. The number of H-pyrrole nitrogens is 1. The molecule has 0 spiro atoms. The maximum absolute atomic E-state index is 11.9. The highest BCUT2D eigenvalue weighted by atomic mass is 16.1. The first-order valence-electron chi connectivity index (χ1n) is 7.27. The molecule has 5 nitrogen and oxygen atoms in total. The minimum Gasteiger partial charge on any atom is -0.338 e. The summed E-state index contributed by atoms with van der Waals surface area (Å²) in [5, 5.41) is 2.95. The Labute approximate surface area is 127 Å². The van der Waals surface area contributed by atoms with Gasteiger partial charge in [0.25, 0.3) is 0 Å². The van der Waals surface area contributed by atoms with Gasteiger partial charge in [0.05, 0.1) is 11.0 Å². The Kier molecular flexibility index (Phi) is 2.60. The van der Waals surface area contributed by atoms with Crippen molar-refractivity contribution in [1.82, 2.24) is 15.0 Å². The van der Waals surface area contributed by atoms with E-state index in [0.29, 0.717) is 6.42 Å². The quantitative estimate of drug-likeness (QED) is 0.723. The molecule has 2 aromatic heterocycles. The second-order valence-corrected chi connectivity index (χ2v) is 6.35. The third kappa shape index (κ3) is 1.97. The minimum atomic E-state index is -0.173. The molecule has 1 aliphatic rings. The van der Waals surface area contributed by atoms with Crippen LogP contribution in [-0.4, -0.2) is 20.9 Å². The van der Waals surface area contributed by atoms with Crippen molar-refractivity contribution in [2.45, 2.75) is 25.7 Å². The van der Waals surface area contributed by atoms with Gasteiger partial charge in [-0.3, -0.25) is 9.78 Å². The number of benzene rings is 1. The number of pyridine rings is 1. The Balaban J connectivity index is 1.90. The zero-order chi connectivity index (χ0) is 15.3. The molecule has 0 fully saturated rings. The van der Waals surface area contributed by atoms with Gasteiger partial charge in [-0.15, -0.1) is 0 Å². The summed E-state index contributed by atoms with van der Waals surface area (Å²) < 4.78 is 0. The molecule has 0 unspecified atom stereocenters. The summed E-state index contributed by atoms with van der Waals surface area (Å²) in [6, 6.07) is 7.89. The molecular weight excluding hydrogens is 276 g/mol. The lowest BCUT2D eigenvalue weighted by molar-refractivity contribution is -0.117. The smallest absolute Gasteiger partial charge is 0.225 e. The molecule has 3 heterocycles. The summed E-state index contributed by atoms with van der Waals surface area (Å²) >= 11 is 0. The molecule has 1 amide bonds.